The Bertz CT molecular complexity index is 578. The van der Waals surface area contributed by atoms with E-state index in [1.54, 1.807) is 6.92 Å². The zero-order chi connectivity index (χ0) is 20.2. The maximum atomic E-state index is 12.0. The molecular formula is C21H30O6. The molecule has 0 fully saturated rings. The van der Waals surface area contributed by atoms with Crippen LogP contribution in [0.3, 0.4) is 0 Å². The van der Waals surface area contributed by atoms with Crippen molar-refractivity contribution in [2.45, 2.75) is 65.6 Å². The summed E-state index contributed by atoms with van der Waals surface area (Å²) in [5, 5.41) is 9.31. The maximum absolute atomic E-state index is 12.0. The summed E-state index contributed by atoms with van der Waals surface area (Å²) in [7, 11) is 0. The summed E-state index contributed by atoms with van der Waals surface area (Å²) in [4.78, 5) is 35.3. The van der Waals surface area contributed by atoms with Gasteiger partial charge in [-0.05, 0) is 30.7 Å². The van der Waals surface area contributed by atoms with E-state index in [1.165, 1.54) is 0 Å². The molecule has 0 aliphatic heterocycles. The molecule has 27 heavy (non-hydrogen) atoms. The predicted octanol–water partition coefficient (Wildman–Crippen LogP) is 3.97. The van der Waals surface area contributed by atoms with Crippen molar-refractivity contribution in [3.05, 3.63) is 35.9 Å². The lowest BCUT2D eigenvalue weighted by atomic mass is 9.85. The molecular weight excluding hydrogens is 348 g/mol. The highest BCUT2D eigenvalue weighted by Crippen LogP contribution is 2.27. The first-order valence-corrected chi connectivity index (χ1v) is 9.52. The summed E-state index contributed by atoms with van der Waals surface area (Å²) in [6.45, 7) is 5.47. The van der Waals surface area contributed by atoms with Crippen LogP contribution in [0.25, 0.3) is 0 Å². The van der Waals surface area contributed by atoms with Crippen LogP contribution in [0.4, 0.5) is 0 Å². The summed E-state index contributed by atoms with van der Waals surface area (Å²) in [5.41, 5.74) is 0.981. The van der Waals surface area contributed by atoms with Gasteiger partial charge in [0.15, 0.2) is 0 Å². The fourth-order valence-corrected chi connectivity index (χ4v) is 2.83. The molecule has 0 aromatic heterocycles. The van der Waals surface area contributed by atoms with Crippen LogP contribution in [0.1, 0.15) is 58.4 Å². The number of benzene rings is 1. The zero-order valence-electron chi connectivity index (χ0n) is 16.3. The van der Waals surface area contributed by atoms with Gasteiger partial charge in [0.1, 0.15) is 0 Å². The van der Waals surface area contributed by atoms with E-state index in [1.807, 2.05) is 44.2 Å². The van der Waals surface area contributed by atoms with Crippen LogP contribution in [0, 0.1) is 11.8 Å². The van der Waals surface area contributed by atoms with Crippen molar-refractivity contribution in [2.24, 2.45) is 11.8 Å². The molecule has 1 aromatic carbocycles. The second-order valence-electron chi connectivity index (χ2n) is 6.75. The first-order chi connectivity index (χ1) is 12.9. The van der Waals surface area contributed by atoms with Crippen molar-refractivity contribution in [1.29, 1.82) is 0 Å². The Morgan fingerprint density at radius 2 is 1.48 bits per heavy atom. The molecule has 2 unspecified atom stereocenters. The van der Waals surface area contributed by atoms with Crippen molar-refractivity contribution in [3.8, 4) is 0 Å². The molecule has 0 bridgehead atoms. The molecule has 0 heterocycles. The van der Waals surface area contributed by atoms with Gasteiger partial charge in [-0.25, -0.2) is 0 Å². The summed E-state index contributed by atoms with van der Waals surface area (Å²) in [5.74, 6) is -2.65. The summed E-state index contributed by atoms with van der Waals surface area (Å²) < 4.78 is 10.8. The standard InChI is InChI=1S/C21H30O6/c1-4-9-19(24)26-21(27-20(25)10-5-2)15(3)17(14-18(22)23)13-16-11-7-6-8-12-16/h6-8,11-12,15,17,21H,4-5,9-10,13-14H2,1-3H3,(H,22,23). The minimum absolute atomic E-state index is 0.108. The van der Waals surface area contributed by atoms with Crippen LogP contribution in [-0.4, -0.2) is 29.3 Å². The molecule has 0 aliphatic rings. The summed E-state index contributed by atoms with van der Waals surface area (Å²) in [6.07, 6.45) is 0.964. The number of carboxylic acids is 1. The molecule has 6 heteroatoms. The Hall–Kier alpha value is -2.37. The molecule has 0 saturated heterocycles. The molecule has 150 valence electrons. The van der Waals surface area contributed by atoms with Gasteiger partial charge in [-0.15, -0.1) is 0 Å². The molecule has 6 nitrogen and oxygen atoms in total. The highest BCUT2D eigenvalue weighted by molar-refractivity contribution is 5.71. The molecule has 0 radical (unpaired) electrons. The van der Waals surface area contributed by atoms with E-state index in [9.17, 15) is 19.5 Å². The van der Waals surface area contributed by atoms with Gasteiger partial charge in [0.25, 0.3) is 0 Å². The quantitative estimate of drug-likeness (QED) is 0.437. The fourth-order valence-electron chi connectivity index (χ4n) is 2.83. The Labute approximate surface area is 160 Å². The third-order valence-electron chi connectivity index (χ3n) is 4.35. The van der Waals surface area contributed by atoms with Gasteiger partial charge >= 0.3 is 17.9 Å². The molecule has 0 saturated carbocycles. The molecule has 0 aliphatic carbocycles. The Kier molecular flexibility index (Phi) is 10.2. The van der Waals surface area contributed by atoms with Crippen molar-refractivity contribution in [1.82, 2.24) is 0 Å². The first-order valence-electron chi connectivity index (χ1n) is 9.52. The maximum Gasteiger partial charge on any atom is 0.308 e. The van der Waals surface area contributed by atoms with Crippen LogP contribution in [0.2, 0.25) is 0 Å². The highest BCUT2D eigenvalue weighted by atomic mass is 16.7. The number of aliphatic carboxylic acids is 1. The number of carbonyl (C=O) groups is 3. The van der Waals surface area contributed by atoms with Crippen molar-refractivity contribution in [2.75, 3.05) is 0 Å². The van der Waals surface area contributed by atoms with E-state index < -0.39 is 30.1 Å². The van der Waals surface area contributed by atoms with Gasteiger partial charge < -0.3 is 14.6 Å². The molecule has 2 atom stereocenters. The summed E-state index contributed by atoms with van der Waals surface area (Å²) in [6, 6.07) is 9.50. The monoisotopic (exact) mass is 378 g/mol. The smallest absolute Gasteiger partial charge is 0.308 e. The second kappa shape index (κ2) is 12.1. The normalized spacial score (nSPS) is 13.0. The van der Waals surface area contributed by atoms with E-state index in [0.29, 0.717) is 19.3 Å². The number of esters is 2. The molecule has 0 spiro atoms. The molecule has 1 aromatic rings. The minimum atomic E-state index is -1.09. The third kappa shape index (κ3) is 8.71. The number of hydrogen-bond donors (Lipinski definition) is 1. The zero-order valence-corrected chi connectivity index (χ0v) is 16.3. The van der Waals surface area contributed by atoms with Crippen molar-refractivity contribution >= 4 is 17.9 Å². The average Bonchev–Trinajstić information content (AvgIpc) is 2.61. The number of carbonyl (C=O) groups excluding carboxylic acids is 2. The Balaban J connectivity index is 2.98. The Morgan fingerprint density at radius 1 is 0.963 bits per heavy atom. The van der Waals surface area contributed by atoms with Gasteiger partial charge in [0.2, 0.25) is 6.29 Å². The topological polar surface area (TPSA) is 89.9 Å². The first kappa shape index (κ1) is 22.7. The van der Waals surface area contributed by atoms with Crippen molar-refractivity contribution < 1.29 is 29.0 Å². The van der Waals surface area contributed by atoms with E-state index in [-0.39, 0.29) is 25.2 Å². The second-order valence-corrected chi connectivity index (χ2v) is 6.75. The van der Waals surface area contributed by atoms with Gasteiger partial charge in [-0.2, -0.15) is 0 Å². The van der Waals surface area contributed by atoms with E-state index >= 15 is 0 Å². The highest BCUT2D eigenvalue weighted by Gasteiger charge is 2.33. The molecule has 1 N–H and O–H groups in total. The predicted molar refractivity (Wildman–Crippen MR) is 101 cm³/mol. The summed E-state index contributed by atoms with van der Waals surface area (Å²) >= 11 is 0. The van der Waals surface area contributed by atoms with Crippen molar-refractivity contribution in [3.63, 3.8) is 0 Å². The minimum Gasteiger partial charge on any atom is -0.481 e. The largest absolute Gasteiger partial charge is 0.481 e. The van der Waals surface area contributed by atoms with Gasteiger partial charge in [-0.3, -0.25) is 14.4 Å². The lowest BCUT2D eigenvalue weighted by molar-refractivity contribution is -0.200. The lowest BCUT2D eigenvalue weighted by Crippen LogP contribution is -2.36. The van der Waals surface area contributed by atoms with Crippen LogP contribution in [-0.2, 0) is 30.3 Å². The van der Waals surface area contributed by atoms with E-state index in [4.69, 9.17) is 9.47 Å². The lowest BCUT2D eigenvalue weighted by Gasteiger charge is -2.29. The number of carboxylic acid groups (broad SMARTS) is 1. The number of rotatable bonds is 12. The fraction of sp³-hybridized carbons (Fsp3) is 0.571. The van der Waals surface area contributed by atoms with Gasteiger partial charge in [0.05, 0.1) is 0 Å². The van der Waals surface area contributed by atoms with Gasteiger partial charge in [-0.1, -0.05) is 51.1 Å². The van der Waals surface area contributed by atoms with Gasteiger partial charge in [0, 0.05) is 25.2 Å². The molecule has 1 rings (SSSR count). The number of hydrogen-bond acceptors (Lipinski definition) is 5. The average molecular weight is 378 g/mol. The third-order valence-corrected chi connectivity index (χ3v) is 4.35. The van der Waals surface area contributed by atoms with Crippen LogP contribution >= 0.6 is 0 Å². The molecule has 0 amide bonds. The van der Waals surface area contributed by atoms with Crippen LogP contribution in [0.15, 0.2) is 30.3 Å². The SMILES string of the molecule is CCCC(=O)OC(OC(=O)CCC)C(C)C(CC(=O)O)Cc1ccccc1. The van der Waals surface area contributed by atoms with Crippen LogP contribution in [0.5, 0.6) is 0 Å². The number of ether oxygens (including phenoxy) is 2. The van der Waals surface area contributed by atoms with Crippen LogP contribution < -0.4 is 0 Å². The van der Waals surface area contributed by atoms with E-state index in [2.05, 4.69) is 0 Å². The van der Waals surface area contributed by atoms with E-state index in [0.717, 1.165) is 5.56 Å². The Morgan fingerprint density at radius 3 is 1.93 bits per heavy atom.